The maximum absolute atomic E-state index is 12.0. The predicted molar refractivity (Wildman–Crippen MR) is 121 cm³/mol. The van der Waals surface area contributed by atoms with E-state index in [2.05, 4.69) is 21.5 Å². The predicted octanol–water partition coefficient (Wildman–Crippen LogP) is 2.68. The van der Waals surface area contributed by atoms with Gasteiger partial charge in [0.05, 0.1) is 0 Å². The molecule has 0 saturated carbocycles. The van der Waals surface area contributed by atoms with Crippen LogP contribution in [0.2, 0.25) is 0 Å². The van der Waals surface area contributed by atoms with Crippen LogP contribution >= 0.6 is 12.2 Å². The molecule has 7 nitrogen and oxygen atoms in total. The summed E-state index contributed by atoms with van der Waals surface area (Å²) in [5.74, 6) is -0.922. The molecular formula is C22H26N4O3S. The number of amides is 3. The Kier molecular flexibility index (Phi) is 8.96. The minimum absolute atomic E-state index is 0.000920. The number of hydrogen-bond donors (Lipinski definition) is 4. The molecule has 0 bridgehead atoms. The zero-order valence-electron chi connectivity index (χ0n) is 17.1. The smallest absolute Gasteiger partial charge is 0.238 e. The number of nitrogens with one attached hydrogen (secondary N) is 4. The molecule has 0 aliphatic rings. The highest BCUT2D eigenvalue weighted by molar-refractivity contribution is 7.80. The van der Waals surface area contributed by atoms with E-state index in [1.165, 1.54) is 0 Å². The third kappa shape index (κ3) is 8.40. The highest BCUT2D eigenvalue weighted by Crippen LogP contribution is 2.14. The molecular weight excluding hydrogens is 400 g/mol. The van der Waals surface area contributed by atoms with E-state index in [1.54, 1.807) is 0 Å². The zero-order valence-corrected chi connectivity index (χ0v) is 17.9. The molecule has 0 atom stereocenters. The molecule has 4 N–H and O–H groups in total. The van der Waals surface area contributed by atoms with E-state index >= 15 is 0 Å². The van der Waals surface area contributed by atoms with Crippen LogP contribution in [0.15, 0.2) is 48.5 Å². The van der Waals surface area contributed by atoms with Crippen molar-refractivity contribution < 1.29 is 14.4 Å². The average Bonchev–Trinajstić information content (AvgIpc) is 2.72. The van der Waals surface area contributed by atoms with E-state index in [9.17, 15) is 14.4 Å². The Morgan fingerprint density at radius 1 is 0.800 bits per heavy atom. The van der Waals surface area contributed by atoms with Gasteiger partial charge in [-0.25, -0.2) is 0 Å². The van der Waals surface area contributed by atoms with Gasteiger partial charge in [-0.05, 0) is 61.3 Å². The average molecular weight is 427 g/mol. The van der Waals surface area contributed by atoms with E-state index < -0.39 is 5.91 Å². The van der Waals surface area contributed by atoms with Crippen molar-refractivity contribution >= 4 is 40.7 Å². The molecule has 0 aliphatic carbocycles. The van der Waals surface area contributed by atoms with E-state index in [0.29, 0.717) is 12.1 Å². The van der Waals surface area contributed by atoms with E-state index in [-0.39, 0.29) is 36.2 Å². The fraction of sp³-hybridized carbons (Fsp3) is 0.273. The van der Waals surface area contributed by atoms with Gasteiger partial charge in [0.25, 0.3) is 0 Å². The topological polar surface area (TPSA) is 99.3 Å². The lowest BCUT2D eigenvalue weighted by Gasteiger charge is -2.11. The van der Waals surface area contributed by atoms with E-state index in [4.69, 9.17) is 12.2 Å². The number of thiocarbonyl (C=S) groups is 1. The molecule has 30 heavy (non-hydrogen) atoms. The first-order valence-corrected chi connectivity index (χ1v) is 10.0. The fourth-order valence-electron chi connectivity index (χ4n) is 2.58. The van der Waals surface area contributed by atoms with Gasteiger partial charge in [-0.15, -0.1) is 0 Å². The van der Waals surface area contributed by atoms with E-state index in [1.807, 2.05) is 62.4 Å². The summed E-state index contributed by atoms with van der Waals surface area (Å²) in [6.45, 7) is 3.96. The van der Waals surface area contributed by atoms with Gasteiger partial charge < -0.3 is 10.6 Å². The molecule has 0 spiro atoms. The Labute approximate surface area is 181 Å². The van der Waals surface area contributed by atoms with Crippen molar-refractivity contribution in [2.45, 2.75) is 39.5 Å². The number of carbonyl (C=O) groups excluding carboxylic acids is 3. The highest BCUT2D eigenvalue weighted by atomic mass is 32.1. The van der Waals surface area contributed by atoms with Gasteiger partial charge in [-0.2, -0.15) is 0 Å². The maximum Gasteiger partial charge on any atom is 0.238 e. The van der Waals surface area contributed by atoms with Crippen LogP contribution in [-0.2, 0) is 20.8 Å². The summed E-state index contributed by atoms with van der Waals surface area (Å²) in [7, 11) is 0. The second-order valence-electron chi connectivity index (χ2n) is 6.88. The SMILES string of the molecule is Cc1ccc(NC(=O)CCC(=O)NNC(=S)NC(=O)CCc2ccccc2)cc1C. The summed E-state index contributed by atoms with van der Waals surface area (Å²) in [6.07, 6.45) is 0.876. The normalized spacial score (nSPS) is 10.1. The van der Waals surface area contributed by atoms with Crippen LogP contribution in [-0.4, -0.2) is 22.8 Å². The first kappa shape index (κ1) is 23.0. The van der Waals surface area contributed by atoms with Crippen molar-refractivity contribution in [2.75, 3.05) is 5.32 Å². The monoisotopic (exact) mass is 426 g/mol. The quantitative estimate of drug-likeness (QED) is 0.403. The van der Waals surface area contributed by atoms with Gasteiger partial charge >= 0.3 is 0 Å². The Bertz CT molecular complexity index is 916. The van der Waals surface area contributed by atoms with Gasteiger partial charge in [0.2, 0.25) is 17.7 Å². The summed E-state index contributed by atoms with van der Waals surface area (Å²) < 4.78 is 0. The second-order valence-corrected chi connectivity index (χ2v) is 7.29. The number of hydrazine groups is 1. The molecule has 0 fully saturated rings. The van der Waals surface area contributed by atoms with Gasteiger partial charge in [-0.1, -0.05) is 36.4 Å². The summed E-state index contributed by atoms with van der Waals surface area (Å²) in [5.41, 5.74) is 8.81. The van der Waals surface area contributed by atoms with Crippen LogP contribution in [0.3, 0.4) is 0 Å². The molecule has 3 amide bonds. The Balaban J connectivity index is 1.62. The zero-order chi connectivity index (χ0) is 21.9. The molecule has 0 aromatic heterocycles. The second kappa shape index (κ2) is 11.7. The van der Waals surface area contributed by atoms with Crippen molar-refractivity contribution in [3.63, 3.8) is 0 Å². The summed E-state index contributed by atoms with van der Waals surface area (Å²) in [4.78, 5) is 35.8. The third-order valence-electron chi connectivity index (χ3n) is 4.42. The highest BCUT2D eigenvalue weighted by Gasteiger charge is 2.09. The number of benzene rings is 2. The minimum atomic E-state index is -0.411. The lowest BCUT2D eigenvalue weighted by molar-refractivity contribution is -0.124. The Morgan fingerprint density at radius 2 is 1.50 bits per heavy atom. The van der Waals surface area contributed by atoms with Crippen molar-refractivity contribution in [2.24, 2.45) is 0 Å². The molecule has 0 aliphatic heterocycles. The van der Waals surface area contributed by atoms with Crippen LogP contribution in [0.25, 0.3) is 0 Å². The molecule has 2 aromatic rings. The van der Waals surface area contributed by atoms with E-state index in [0.717, 1.165) is 16.7 Å². The Hall–Kier alpha value is -3.26. The molecule has 0 unspecified atom stereocenters. The van der Waals surface area contributed by atoms with Crippen LogP contribution < -0.4 is 21.5 Å². The number of carbonyl (C=O) groups is 3. The molecule has 0 radical (unpaired) electrons. The van der Waals surface area contributed by atoms with Crippen LogP contribution in [0.1, 0.15) is 36.0 Å². The van der Waals surface area contributed by atoms with Gasteiger partial charge in [0.1, 0.15) is 0 Å². The Morgan fingerprint density at radius 3 is 2.20 bits per heavy atom. The van der Waals surface area contributed by atoms with Gasteiger partial charge in [-0.3, -0.25) is 25.2 Å². The lowest BCUT2D eigenvalue weighted by atomic mass is 10.1. The van der Waals surface area contributed by atoms with Crippen molar-refractivity contribution in [1.29, 1.82) is 0 Å². The van der Waals surface area contributed by atoms with Crippen molar-refractivity contribution in [3.8, 4) is 0 Å². The maximum atomic E-state index is 12.0. The van der Waals surface area contributed by atoms with Gasteiger partial charge in [0, 0.05) is 24.9 Å². The molecule has 0 heterocycles. The van der Waals surface area contributed by atoms with Crippen LogP contribution in [0.5, 0.6) is 0 Å². The third-order valence-corrected chi connectivity index (χ3v) is 4.63. The molecule has 0 saturated heterocycles. The van der Waals surface area contributed by atoms with Crippen molar-refractivity contribution in [3.05, 3.63) is 65.2 Å². The number of aryl methyl sites for hydroxylation is 3. The summed E-state index contributed by atoms with van der Waals surface area (Å²) in [5, 5.41) is 5.26. The van der Waals surface area contributed by atoms with Gasteiger partial charge in [0.15, 0.2) is 5.11 Å². The number of hydrogen-bond acceptors (Lipinski definition) is 4. The van der Waals surface area contributed by atoms with Crippen LogP contribution in [0.4, 0.5) is 5.69 Å². The fourth-order valence-corrected chi connectivity index (χ4v) is 2.75. The molecule has 2 rings (SSSR count). The number of rotatable bonds is 7. The summed E-state index contributed by atoms with van der Waals surface area (Å²) >= 11 is 4.99. The minimum Gasteiger partial charge on any atom is -0.326 e. The molecule has 2 aromatic carbocycles. The van der Waals surface area contributed by atoms with Crippen LogP contribution in [0, 0.1) is 13.8 Å². The molecule has 8 heteroatoms. The first-order valence-electron chi connectivity index (χ1n) is 9.63. The van der Waals surface area contributed by atoms with Crippen molar-refractivity contribution in [1.82, 2.24) is 16.2 Å². The molecule has 158 valence electrons. The largest absolute Gasteiger partial charge is 0.326 e. The standard InChI is InChI=1S/C22H26N4O3S/c1-15-8-10-18(14-16(15)2)23-19(27)12-13-21(29)25-26-22(30)24-20(28)11-9-17-6-4-3-5-7-17/h3-8,10,14H,9,11-13H2,1-2H3,(H,23,27)(H,25,29)(H2,24,26,28,30). The first-order chi connectivity index (χ1) is 14.3. The lowest BCUT2D eigenvalue weighted by Crippen LogP contribution is -2.48. The number of anilines is 1. The summed E-state index contributed by atoms with van der Waals surface area (Å²) in [6, 6.07) is 15.3.